The highest BCUT2D eigenvalue weighted by Gasteiger charge is 2.20. The molecule has 23 heavy (non-hydrogen) atoms. The minimum absolute atomic E-state index is 0.471. The van der Waals surface area contributed by atoms with Crippen LogP contribution in [-0.2, 0) is 0 Å². The Kier molecular flexibility index (Phi) is 7.42. The zero-order valence-corrected chi connectivity index (χ0v) is 15.3. The summed E-state index contributed by atoms with van der Waals surface area (Å²) in [5.41, 5.74) is 0. The highest BCUT2D eigenvalue weighted by molar-refractivity contribution is 7.73. The van der Waals surface area contributed by atoms with Crippen molar-refractivity contribution in [3.8, 4) is 11.5 Å². The number of hydrogen-bond acceptors (Lipinski definition) is 2. The summed E-state index contributed by atoms with van der Waals surface area (Å²) in [6.07, 6.45) is 6.29. The highest BCUT2D eigenvalue weighted by atomic mass is 31.1. The quantitative estimate of drug-likeness (QED) is 0.489. The van der Waals surface area contributed by atoms with E-state index in [1.807, 2.05) is 12.1 Å². The Bertz CT molecular complexity index is 550. The van der Waals surface area contributed by atoms with Gasteiger partial charge in [-0.3, -0.25) is 0 Å². The zero-order chi connectivity index (χ0) is 16.5. The normalized spacial score (nSPS) is 10.8. The van der Waals surface area contributed by atoms with Crippen molar-refractivity contribution in [2.75, 3.05) is 20.4 Å². The van der Waals surface area contributed by atoms with Crippen LogP contribution in [0.25, 0.3) is 0 Å². The van der Waals surface area contributed by atoms with Gasteiger partial charge in [0.1, 0.15) is 11.5 Å². The van der Waals surface area contributed by atoms with Crippen molar-refractivity contribution in [1.82, 2.24) is 0 Å². The van der Waals surface area contributed by atoms with Gasteiger partial charge in [0.05, 0.1) is 14.2 Å². The summed E-state index contributed by atoms with van der Waals surface area (Å²) in [7, 11) is 3.04. The SMILES string of the molecule is CCCCCCP(c1ccccc1OC)c1ccccc1OC. The maximum absolute atomic E-state index is 5.62. The molecule has 0 aliphatic rings. The Labute approximate surface area is 141 Å². The minimum atomic E-state index is -0.471. The zero-order valence-electron chi connectivity index (χ0n) is 14.4. The van der Waals surface area contributed by atoms with Crippen molar-refractivity contribution >= 4 is 18.5 Å². The predicted molar refractivity (Wildman–Crippen MR) is 101 cm³/mol. The second-order valence-corrected chi connectivity index (χ2v) is 7.82. The third-order valence-corrected chi connectivity index (χ3v) is 6.65. The molecule has 2 nitrogen and oxygen atoms in total. The van der Waals surface area contributed by atoms with Gasteiger partial charge in [-0.15, -0.1) is 0 Å². The molecule has 0 fully saturated rings. The number of unbranched alkanes of at least 4 members (excludes halogenated alkanes) is 3. The minimum Gasteiger partial charge on any atom is -0.496 e. The molecule has 0 heterocycles. The van der Waals surface area contributed by atoms with E-state index in [1.54, 1.807) is 14.2 Å². The lowest BCUT2D eigenvalue weighted by molar-refractivity contribution is 0.417. The van der Waals surface area contributed by atoms with Gasteiger partial charge in [-0.1, -0.05) is 62.6 Å². The van der Waals surface area contributed by atoms with Crippen LogP contribution in [0.4, 0.5) is 0 Å². The van der Waals surface area contributed by atoms with Crippen LogP contribution in [0.5, 0.6) is 11.5 Å². The summed E-state index contributed by atoms with van der Waals surface area (Å²) in [4.78, 5) is 0. The predicted octanol–water partition coefficient (Wildman–Crippen LogP) is 4.72. The summed E-state index contributed by atoms with van der Waals surface area (Å²) in [6.45, 7) is 2.25. The van der Waals surface area contributed by atoms with E-state index in [-0.39, 0.29) is 0 Å². The molecule has 0 saturated carbocycles. The van der Waals surface area contributed by atoms with Crippen molar-refractivity contribution in [2.45, 2.75) is 32.6 Å². The number of benzene rings is 2. The van der Waals surface area contributed by atoms with Gasteiger partial charge in [-0.25, -0.2) is 0 Å². The van der Waals surface area contributed by atoms with E-state index in [2.05, 4.69) is 43.3 Å². The number of hydrogen-bond donors (Lipinski definition) is 0. The Morgan fingerprint density at radius 2 is 1.26 bits per heavy atom. The molecule has 0 aliphatic carbocycles. The van der Waals surface area contributed by atoms with Crippen LogP contribution in [0, 0.1) is 0 Å². The van der Waals surface area contributed by atoms with Gasteiger partial charge in [0.15, 0.2) is 0 Å². The van der Waals surface area contributed by atoms with E-state index < -0.39 is 7.92 Å². The standard InChI is InChI=1S/C20H27O2P/c1-4-5-6-11-16-23(19-14-9-7-12-17(19)21-2)20-15-10-8-13-18(20)22-3/h7-10,12-15H,4-6,11,16H2,1-3H3. The maximum atomic E-state index is 5.62. The van der Waals surface area contributed by atoms with Gasteiger partial charge < -0.3 is 9.47 Å². The van der Waals surface area contributed by atoms with Crippen molar-refractivity contribution < 1.29 is 9.47 Å². The molecule has 0 atom stereocenters. The molecule has 0 N–H and O–H groups in total. The summed E-state index contributed by atoms with van der Waals surface area (Å²) in [5, 5.41) is 2.62. The van der Waals surface area contributed by atoms with E-state index in [4.69, 9.17) is 9.47 Å². The van der Waals surface area contributed by atoms with E-state index in [0.29, 0.717) is 0 Å². The molecule has 2 aromatic carbocycles. The molecule has 0 unspecified atom stereocenters. The first kappa shape index (κ1) is 17.8. The number of methoxy groups -OCH3 is 2. The average Bonchev–Trinajstić information content (AvgIpc) is 2.62. The first-order valence-electron chi connectivity index (χ1n) is 8.35. The van der Waals surface area contributed by atoms with Crippen molar-refractivity contribution in [3.05, 3.63) is 48.5 Å². The smallest absolute Gasteiger partial charge is 0.126 e. The molecule has 2 rings (SSSR count). The van der Waals surface area contributed by atoms with Crippen LogP contribution in [-0.4, -0.2) is 20.4 Å². The Hall–Kier alpha value is -1.53. The van der Waals surface area contributed by atoms with Gasteiger partial charge >= 0.3 is 0 Å². The summed E-state index contributed by atoms with van der Waals surface area (Å²) in [6, 6.07) is 16.8. The Morgan fingerprint density at radius 3 is 1.74 bits per heavy atom. The Balaban J connectivity index is 2.35. The van der Waals surface area contributed by atoms with E-state index in [9.17, 15) is 0 Å². The molecular formula is C20H27O2P. The molecule has 0 amide bonds. The molecule has 124 valence electrons. The third-order valence-electron chi connectivity index (χ3n) is 3.99. The van der Waals surface area contributed by atoms with Crippen molar-refractivity contribution in [1.29, 1.82) is 0 Å². The molecule has 0 bridgehead atoms. The van der Waals surface area contributed by atoms with Crippen LogP contribution in [0.3, 0.4) is 0 Å². The van der Waals surface area contributed by atoms with E-state index in [1.165, 1.54) is 42.5 Å². The van der Waals surface area contributed by atoms with E-state index in [0.717, 1.165) is 11.5 Å². The average molecular weight is 330 g/mol. The summed E-state index contributed by atoms with van der Waals surface area (Å²) in [5.74, 6) is 1.97. The third kappa shape index (κ3) is 4.72. The largest absolute Gasteiger partial charge is 0.496 e. The molecule has 3 heteroatoms. The van der Waals surface area contributed by atoms with Crippen LogP contribution >= 0.6 is 7.92 Å². The lowest BCUT2D eigenvalue weighted by Gasteiger charge is -2.22. The first-order chi connectivity index (χ1) is 11.3. The Morgan fingerprint density at radius 1 is 0.739 bits per heavy atom. The number of ether oxygens (including phenoxy) is 2. The van der Waals surface area contributed by atoms with Crippen molar-refractivity contribution in [2.24, 2.45) is 0 Å². The maximum Gasteiger partial charge on any atom is 0.126 e. The fraction of sp³-hybridized carbons (Fsp3) is 0.400. The molecule has 0 saturated heterocycles. The molecule has 0 radical (unpaired) electrons. The van der Waals surface area contributed by atoms with Gasteiger partial charge in [0.2, 0.25) is 0 Å². The van der Waals surface area contributed by atoms with Crippen molar-refractivity contribution in [3.63, 3.8) is 0 Å². The highest BCUT2D eigenvalue weighted by Crippen LogP contribution is 2.41. The first-order valence-corrected chi connectivity index (χ1v) is 9.88. The topological polar surface area (TPSA) is 18.5 Å². The fourth-order valence-electron chi connectivity index (χ4n) is 2.77. The molecular weight excluding hydrogens is 303 g/mol. The number of rotatable bonds is 9. The van der Waals surface area contributed by atoms with Gasteiger partial charge in [0, 0.05) is 10.6 Å². The van der Waals surface area contributed by atoms with Crippen LogP contribution in [0.2, 0.25) is 0 Å². The molecule has 0 aromatic heterocycles. The molecule has 0 aliphatic heterocycles. The van der Waals surface area contributed by atoms with Crippen LogP contribution < -0.4 is 20.1 Å². The lowest BCUT2D eigenvalue weighted by atomic mass is 10.2. The van der Waals surface area contributed by atoms with Gasteiger partial charge in [-0.05, 0) is 32.6 Å². The summed E-state index contributed by atoms with van der Waals surface area (Å²) >= 11 is 0. The van der Waals surface area contributed by atoms with Crippen LogP contribution in [0.15, 0.2) is 48.5 Å². The fourth-order valence-corrected chi connectivity index (χ4v) is 5.45. The van der Waals surface area contributed by atoms with E-state index >= 15 is 0 Å². The molecule has 2 aromatic rings. The van der Waals surface area contributed by atoms with Gasteiger partial charge in [0.25, 0.3) is 0 Å². The summed E-state index contributed by atoms with van der Waals surface area (Å²) < 4.78 is 11.2. The van der Waals surface area contributed by atoms with Crippen LogP contribution in [0.1, 0.15) is 32.6 Å². The monoisotopic (exact) mass is 330 g/mol. The second-order valence-electron chi connectivity index (χ2n) is 5.56. The molecule has 0 spiro atoms. The number of para-hydroxylation sites is 2. The lowest BCUT2D eigenvalue weighted by Crippen LogP contribution is -2.18. The second kappa shape index (κ2) is 9.57. The van der Waals surface area contributed by atoms with Gasteiger partial charge in [-0.2, -0.15) is 0 Å².